The van der Waals surface area contributed by atoms with E-state index in [-0.39, 0.29) is 12.8 Å². The second-order valence-electron chi connectivity index (χ2n) is 3.69. The Labute approximate surface area is 128 Å². The van der Waals surface area contributed by atoms with Crippen molar-refractivity contribution in [1.29, 1.82) is 0 Å². The predicted octanol–water partition coefficient (Wildman–Crippen LogP) is 2.37. The first-order valence-corrected chi connectivity index (χ1v) is 6.36. The number of halogens is 4. The van der Waals surface area contributed by atoms with E-state index in [0.29, 0.717) is 0 Å². The predicted molar refractivity (Wildman–Crippen MR) is 69.1 cm³/mol. The summed E-state index contributed by atoms with van der Waals surface area (Å²) in [6.07, 6.45) is 0.0574. The first-order chi connectivity index (χ1) is 8.39. The van der Waals surface area contributed by atoms with Gasteiger partial charge in [0.05, 0.1) is 0 Å². The van der Waals surface area contributed by atoms with E-state index in [2.05, 4.69) is 0 Å². The Balaban J connectivity index is 6.23. The average molecular weight is 356 g/mol. The molecule has 3 N–H and O–H groups in total. The quantitative estimate of drug-likeness (QED) is 0.477. The molecule has 0 unspecified atom stereocenters. The molecule has 19 heavy (non-hydrogen) atoms. The van der Waals surface area contributed by atoms with Crippen LogP contribution in [-0.2, 0) is 14.4 Å². The van der Waals surface area contributed by atoms with Crippen molar-refractivity contribution in [3.63, 3.8) is 0 Å². The topological polar surface area (TPSA) is 112 Å². The fraction of sp³-hybridized carbons (Fsp3) is 0.667. The van der Waals surface area contributed by atoms with E-state index >= 15 is 0 Å². The number of hydrogen-bond donors (Lipinski definition) is 3. The van der Waals surface area contributed by atoms with Crippen LogP contribution in [0.25, 0.3) is 0 Å². The van der Waals surface area contributed by atoms with Crippen molar-refractivity contribution in [3.8, 4) is 0 Å². The molecule has 0 radical (unpaired) electrons. The summed E-state index contributed by atoms with van der Waals surface area (Å²) in [5, 5.41) is 27.0. The third-order valence-corrected chi connectivity index (χ3v) is 5.00. The van der Waals surface area contributed by atoms with Gasteiger partial charge in [0, 0.05) is 0 Å². The Kier molecular flexibility index (Phi) is 5.78. The van der Waals surface area contributed by atoms with Crippen molar-refractivity contribution in [3.05, 3.63) is 0 Å². The number of aliphatic carboxylic acids is 3. The smallest absolute Gasteiger partial charge is 0.336 e. The molecule has 0 heterocycles. The fourth-order valence-corrected chi connectivity index (χ4v) is 2.76. The molecule has 0 rings (SSSR count). The molecule has 10 heteroatoms. The second kappa shape index (κ2) is 5.91. The maximum atomic E-state index is 11.2. The van der Waals surface area contributed by atoms with Crippen LogP contribution >= 0.6 is 46.4 Å². The molecule has 0 saturated heterocycles. The average Bonchev–Trinajstić information content (AvgIpc) is 2.14. The highest BCUT2D eigenvalue weighted by Crippen LogP contribution is 2.56. The van der Waals surface area contributed by atoms with Gasteiger partial charge in [0.1, 0.15) is 0 Å². The van der Waals surface area contributed by atoms with Gasteiger partial charge in [-0.3, -0.25) is 14.4 Å². The van der Waals surface area contributed by atoms with Crippen molar-refractivity contribution in [2.45, 2.75) is 28.4 Å². The molecule has 0 aromatic carbocycles. The summed E-state index contributed by atoms with van der Waals surface area (Å²) in [5.74, 6) is -6.84. The Morgan fingerprint density at radius 1 is 0.895 bits per heavy atom. The van der Waals surface area contributed by atoms with E-state index in [9.17, 15) is 14.4 Å². The van der Waals surface area contributed by atoms with Gasteiger partial charge in [0.25, 0.3) is 5.41 Å². The summed E-state index contributed by atoms with van der Waals surface area (Å²) in [6.45, 7) is 1.59. The van der Waals surface area contributed by atoms with E-state index in [4.69, 9.17) is 61.7 Å². The third-order valence-electron chi connectivity index (χ3n) is 2.46. The van der Waals surface area contributed by atoms with Gasteiger partial charge in [-0.25, -0.2) is 0 Å². The van der Waals surface area contributed by atoms with Gasteiger partial charge in [-0.15, -0.1) is 0 Å². The van der Waals surface area contributed by atoms with Crippen LogP contribution in [-0.4, -0.2) is 41.9 Å². The van der Waals surface area contributed by atoms with Crippen LogP contribution in [0.4, 0.5) is 0 Å². The van der Waals surface area contributed by atoms with Crippen LogP contribution in [0, 0.1) is 5.41 Å². The van der Waals surface area contributed by atoms with Crippen molar-refractivity contribution in [1.82, 2.24) is 0 Å². The van der Waals surface area contributed by atoms with Crippen LogP contribution in [0.3, 0.4) is 0 Å². The van der Waals surface area contributed by atoms with E-state index in [1.54, 1.807) is 6.92 Å². The lowest BCUT2D eigenvalue weighted by Gasteiger charge is -2.40. The number of rotatable bonds is 7. The van der Waals surface area contributed by atoms with Crippen molar-refractivity contribution in [2.24, 2.45) is 5.41 Å². The van der Waals surface area contributed by atoms with Crippen LogP contribution in [0.5, 0.6) is 0 Å². The van der Waals surface area contributed by atoms with Gasteiger partial charge < -0.3 is 15.3 Å². The zero-order valence-corrected chi connectivity index (χ0v) is 12.5. The Bertz CT molecular complexity index is 369. The normalized spacial score (nSPS) is 13.1. The van der Waals surface area contributed by atoms with E-state index in [0.717, 1.165) is 0 Å². The van der Waals surface area contributed by atoms with Gasteiger partial charge in [-0.2, -0.15) is 0 Å². The molecule has 0 spiro atoms. The largest absolute Gasteiger partial charge is 0.480 e. The van der Waals surface area contributed by atoms with Crippen LogP contribution < -0.4 is 0 Å². The van der Waals surface area contributed by atoms with Gasteiger partial charge in [0.15, 0.2) is 8.67 Å². The lowest BCUT2D eigenvalue weighted by molar-refractivity contribution is -0.177. The molecule has 0 saturated carbocycles. The molecule has 0 atom stereocenters. The van der Waals surface area contributed by atoms with E-state index < -0.39 is 32.0 Å². The summed E-state index contributed by atoms with van der Waals surface area (Å²) in [4.78, 5) is 33.5. The summed E-state index contributed by atoms with van der Waals surface area (Å²) in [6, 6.07) is 0. The lowest BCUT2D eigenvalue weighted by Crippen LogP contribution is -2.63. The van der Waals surface area contributed by atoms with Gasteiger partial charge >= 0.3 is 17.9 Å². The number of carboxylic acids is 3. The van der Waals surface area contributed by atoms with Crippen LogP contribution in [0.15, 0.2) is 0 Å². The first kappa shape index (κ1) is 18.6. The molecular weight excluding hydrogens is 346 g/mol. The highest BCUT2D eigenvalue weighted by molar-refractivity contribution is 6.65. The fourth-order valence-electron chi connectivity index (χ4n) is 1.42. The zero-order chi connectivity index (χ0) is 15.6. The maximum absolute atomic E-state index is 11.2. The highest BCUT2D eigenvalue weighted by Gasteiger charge is 2.74. The summed E-state index contributed by atoms with van der Waals surface area (Å²) >= 11 is 22.9. The molecule has 0 aliphatic heterocycles. The molecule has 110 valence electrons. The lowest BCUT2D eigenvalue weighted by atomic mass is 9.81. The standard InChI is InChI=1S/C9H10Cl4O6/c1-2-3-7(10,11)9(12,13)8(4(14)15,5(16)17)6(18)19/h2-3H2,1H3,(H,14,15)(H,16,17)(H,18,19). The number of alkyl halides is 4. The molecule has 0 aliphatic rings. The van der Waals surface area contributed by atoms with E-state index in [1.807, 2.05) is 0 Å². The molecule has 0 amide bonds. The Hall–Kier alpha value is -0.430. The molecule has 0 aliphatic carbocycles. The molecule has 0 fully saturated rings. The van der Waals surface area contributed by atoms with Crippen LogP contribution in [0.1, 0.15) is 19.8 Å². The zero-order valence-electron chi connectivity index (χ0n) is 9.49. The minimum Gasteiger partial charge on any atom is -0.480 e. The third kappa shape index (κ3) is 2.72. The van der Waals surface area contributed by atoms with Gasteiger partial charge in [0.2, 0.25) is 0 Å². The van der Waals surface area contributed by atoms with Crippen LogP contribution in [0.2, 0.25) is 0 Å². The Morgan fingerprint density at radius 3 is 1.42 bits per heavy atom. The number of carbonyl (C=O) groups is 3. The van der Waals surface area contributed by atoms with Gasteiger partial charge in [-0.1, -0.05) is 59.7 Å². The number of hydrogen-bond acceptors (Lipinski definition) is 3. The SMILES string of the molecule is CCCC(Cl)(Cl)C(Cl)(Cl)C(C(=O)O)(C(=O)O)C(=O)O. The molecule has 0 bridgehead atoms. The van der Waals surface area contributed by atoms with E-state index in [1.165, 1.54) is 0 Å². The Morgan fingerprint density at radius 2 is 1.21 bits per heavy atom. The highest BCUT2D eigenvalue weighted by atomic mass is 35.5. The van der Waals surface area contributed by atoms with Crippen molar-refractivity contribution >= 4 is 64.3 Å². The minimum atomic E-state index is -3.60. The molecular formula is C9H10Cl4O6. The van der Waals surface area contributed by atoms with Crippen molar-refractivity contribution < 1.29 is 29.7 Å². The summed E-state index contributed by atoms with van der Waals surface area (Å²) in [7, 11) is 0. The second-order valence-corrected chi connectivity index (χ2v) is 6.51. The summed E-state index contributed by atoms with van der Waals surface area (Å²) in [5.41, 5.74) is -3.60. The number of carboxylic acid groups (broad SMARTS) is 3. The minimum absolute atomic E-state index is 0.210. The van der Waals surface area contributed by atoms with Gasteiger partial charge in [-0.05, 0) is 6.42 Å². The van der Waals surface area contributed by atoms with Crippen molar-refractivity contribution in [2.75, 3.05) is 0 Å². The maximum Gasteiger partial charge on any atom is 0.336 e. The molecule has 0 aromatic heterocycles. The molecule has 0 aromatic rings. The summed E-state index contributed by atoms with van der Waals surface area (Å²) < 4.78 is -5.29. The molecule has 6 nitrogen and oxygen atoms in total. The monoisotopic (exact) mass is 354 g/mol. The first-order valence-electron chi connectivity index (χ1n) is 4.85.